The van der Waals surface area contributed by atoms with Gasteiger partial charge in [-0.15, -0.1) is 0 Å². The summed E-state index contributed by atoms with van der Waals surface area (Å²) in [6.45, 7) is 9.63. The molecule has 0 radical (unpaired) electrons. The Labute approximate surface area is 162 Å². The van der Waals surface area contributed by atoms with Crippen molar-refractivity contribution in [3.63, 3.8) is 0 Å². The number of nitrogens with zero attached hydrogens (tertiary/aromatic N) is 1. The van der Waals surface area contributed by atoms with E-state index in [0.29, 0.717) is 43.1 Å². The molecule has 5 nitrogen and oxygen atoms in total. The van der Waals surface area contributed by atoms with Gasteiger partial charge < -0.3 is 15.7 Å². The van der Waals surface area contributed by atoms with Crippen molar-refractivity contribution >= 4 is 11.5 Å². The van der Waals surface area contributed by atoms with Crippen LogP contribution in [-0.2, 0) is 9.63 Å². The van der Waals surface area contributed by atoms with Crippen LogP contribution in [0, 0.1) is 28.6 Å². The van der Waals surface area contributed by atoms with Gasteiger partial charge in [0, 0.05) is 30.2 Å². The summed E-state index contributed by atoms with van der Waals surface area (Å²) < 4.78 is 0. The molecule has 3 N–H and O–H groups in total. The van der Waals surface area contributed by atoms with Crippen molar-refractivity contribution in [1.82, 2.24) is 0 Å². The van der Waals surface area contributed by atoms with Crippen LogP contribution in [0.15, 0.2) is 17.3 Å². The summed E-state index contributed by atoms with van der Waals surface area (Å²) in [6, 6.07) is 0. The van der Waals surface area contributed by atoms with Gasteiger partial charge in [0.15, 0.2) is 0 Å². The first-order valence-corrected chi connectivity index (χ1v) is 10.6. The summed E-state index contributed by atoms with van der Waals surface area (Å²) in [4.78, 5) is 17.9. The number of ketones is 1. The largest absolute Gasteiger partial charge is 0.395 e. The first kappa shape index (κ1) is 19.1. The summed E-state index contributed by atoms with van der Waals surface area (Å²) >= 11 is 0. The molecule has 0 aromatic carbocycles. The Bertz CT molecular complexity index is 689. The Balaban J connectivity index is 1.63. The molecule has 0 aromatic rings. The van der Waals surface area contributed by atoms with Crippen LogP contribution < -0.4 is 5.73 Å². The van der Waals surface area contributed by atoms with Crippen molar-refractivity contribution < 1.29 is 14.7 Å². The Kier molecular flexibility index (Phi) is 4.54. The molecule has 4 rings (SSSR count). The second-order valence-electron chi connectivity index (χ2n) is 9.84. The monoisotopic (exact) mass is 374 g/mol. The maximum Gasteiger partial charge on any atom is 0.139 e. The number of carbonyl (C=O) groups excluding carboxylic acids is 1. The molecular formula is C22H34N2O3. The third-order valence-electron chi connectivity index (χ3n) is 8.77. The molecule has 0 aromatic heterocycles. The molecule has 0 saturated heterocycles. The fourth-order valence-corrected chi connectivity index (χ4v) is 7.07. The molecule has 4 aliphatic rings. The van der Waals surface area contributed by atoms with Gasteiger partial charge in [0.05, 0.1) is 11.3 Å². The SMILES string of the molecule is C=C1C[C@H]2[C@@H]3CCC(=O)[C@@]3(C)CC[C@@H]2[C@@]2(C)CC/C(=N/OCCN)C[C@]12O. The Morgan fingerprint density at radius 1 is 1.26 bits per heavy atom. The molecule has 6 atom stereocenters. The van der Waals surface area contributed by atoms with E-state index in [1.807, 2.05) is 0 Å². The number of carbonyl (C=O) groups is 1. The summed E-state index contributed by atoms with van der Waals surface area (Å²) in [6.07, 6.45) is 6.83. The molecular weight excluding hydrogens is 340 g/mol. The van der Waals surface area contributed by atoms with Crippen LogP contribution in [-0.4, -0.2) is 35.4 Å². The third-order valence-corrected chi connectivity index (χ3v) is 8.77. The van der Waals surface area contributed by atoms with Crippen molar-refractivity contribution in [2.24, 2.45) is 39.5 Å². The normalized spacial score (nSPS) is 48.1. The lowest BCUT2D eigenvalue weighted by atomic mass is 9.43. The summed E-state index contributed by atoms with van der Waals surface area (Å²) in [5, 5.41) is 16.1. The van der Waals surface area contributed by atoms with Gasteiger partial charge >= 0.3 is 0 Å². The van der Waals surface area contributed by atoms with E-state index in [4.69, 9.17) is 10.6 Å². The molecule has 0 aliphatic heterocycles. The average molecular weight is 375 g/mol. The third kappa shape index (κ3) is 2.57. The molecule has 27 heavy (non-hydrogen) atoms. The highest BCUT2D eigenvalue weighted by molar-refractivity contribution is 5.88. The van der Waals surface area contributed by atoms with Crippen LogP contribution in [0.4, 0.5) is 0 Å². The van der Waals surface area contributed by atoms with Gasteiger partial charge in [0.25, 0.3) is 0 Å². The van der Waals surface area contributed by atoms with E-state index in [1.54, 1.807) is 0 Å². The van der Waals surface area contributed by atoms with Crippen LogP contribution in [0.3, 0.4) is 0 Å². The van der Waals surface area contributed by atoms with E-state index in [9.17, 15) is 9.90 Å². The standard InChI is InChI=1S/C22H34N2O3/c1-14-12-16-17-4-5-19(25)20(17,2)8-7-18(16)21(3)9-6-15(13-22(14,21)26)24-27-11-10-23/h16-18,26H,1,4-13,23H2,2-3H3/b24-15-/t16-,17-,18-,20-,21+,22-/m0/s1. The van der Waals surface area contributed by atoms with E-state index < -0.39 is 5.60 Å². The minimum absolute atomic E-state index is 0.148. The van der Waals surface area contributed by atoms with Crippen LogP contribution in [0.25, 0.3) is 0 Å². The maximum absolute atomic E-state index is 12.6. The molecule has 0 amide bonds. The van der Waals surface area contributed by atoms with Crippen molar-refractivity contribution in [3.8, 4) is 0 Å². The predicted molar refractivity (Wildman–Crippen MR) is 105 cm³/mol. The van der Waals surface area contributed by atoms with Gasteiger partial charge in [-0.05, 0) is 61.9 Å². The fourth-order valence-electron chi connectivity index (χ4n) is 7.07. The lowest BCUT2D eigenvalue weighted by molar-refractivity contribution is -0.161. The van der Waals surface area contributed by atoms with Crippen molar-refractivity contribution in [2.75, 3.05) is 13.2 Å². The zero-order valence-electron chi connectivity index (χ0n) is 16.8. The molecule has 4 saturated carbocycles. The minimum atomic E-state index is -0.923. The lowest BCUT2D eigenvalue weighted by Crippen LogP contribution is -2.63. The van der Waals surface area contributed by atoms with E-state index >= 15 is 0 Å². The summed E-state index contributed by atoms with van der Waals surface area (Å²) in [5.74, 6) is 1.82. The first-order chi connectivity index (χ1) is 12.8. The lowest BCUT2D eigenvalue weighted by Gasteiger charge is -2.63. The molecule has 4 aliphatic carbocycles. The Morgan fingerprint density at radius 3 is 2.78 bits per heavy atom. The molecule has 0 unspecified atom stereocenters. The number of Topliss-reactive ketones (excluding diaryl/α,β-unsaturated/α-hetero) is 1. The average Bonchev–Trinajstić information content (AvgIpc) is 2.93. The predicted octanol–water partition coefficient (Wildman–Crippen LogP) is 3.21. The van der Waals surface area contributed by atoms with E-state index in [-0.39, 0.29) is 10.8 Å². The van der Waals surface area contributed by atoms with Gasteiger partial charge in [0.1, 0.15) is 12.4 Å². The molecule has 0 heterocycles. The summed E-state index contributed by atoms with van der Waals surface area (Å²) in [7, 11) is 0. The number of hydrogen-bond donors (Lipinski definition) is 2. The minimum Gasteiger partial charge on any atom is -0.395 e. The Morgan fingerprint density at radius 2 is 2.04 bits per heavy atom. The van der Waals surface area contributed by atoms with Crippen molar-refractivity contribution in [3.05, 3.63) is 12.2 Å². The molecule has 4 fully saturated rings. The van der Waals surface area contributed by atoms with Crippen molar-refractivity contribution in [2.45, 2.75) is 70.8 Å². The van der Waals surface area contributed by atoms with E-state index in [2.05, 4.69) is 25.6 Å². The van der Waals surface area contributed by atoms with Crippen LogP contribution in [0.1, 0.15) is 65.2 Å². The smallest absolute Gasteiger partial charge is 0.139 e. The number of fused-ring (bicyclic) bond motifs is 5. The van der Waals surface area contributed by atoms with Crippen molar-refractivity contribution in [1.29, 1.82) is 0 Å². The highest BCUT2D eigenvalue weighted by Gasteiger charge is 2.65. The number of hydrogen-bond acceptors (Lipinski definition) is 5. The first-order valence-electron chi connectivity index (χ1n) is 10.6. The summed E-state index contributed by atoms with van der Waals surface area (Å²) in [5.41, 5.74) is 6.05. The fraction of sp³-hybridized carbons (Fsp3) is 0.818. The molecule has 5 heteroatoms. The number of aliphatic hydroxyl groups is 1. The highest BCUT2D eigenvalue weighted by atomic mass is 16.6. The van der Waals surface area contributed by atoms with E-state index in [1.165, 1.54) is 0 Å². The van der Waals surface area contributed by atoms with Gasteiger partial charge in [-0.1, -0.05) is 25.6 Å². The highest BCUT2D eigenvalue weighted by Crippen LogP contribution is 2.67. The quantitative estimate of drug-likeness (QED) is 0.451. The molecule has 0 bridgehead atoms. The van der Waals surface area contributed by atoms with Crippen LogP contribution in [0.2, 0.25) is 0 Å². The van der Waals surface area contributed by atoms with Gasteiger partial charge in [-0.3, -0.25) is 4.79 Å². The zero-order chi connectivity index (χ0) is 19.4. The number of oxime groups is 1. The zero-order valence-corrected chi connectivity index (χ0v) is 16.8. The van der Waals surface area contributed by atoms with Gasteiger partial charge in [-0.25, -0.2) is 0 Å². The van der Waals surface area contributed by atoms with Crippen LogP contribution in [0.5, 0.6) is 0 Å². The topological polar surface area (TPSA) is 84.9 Å². The van der Waals surface area contributed by atoms with Gasteiger partial charge in [0.2, 0.25) is 0 Å². The molecule has 0 spiro atoms. The second kappa shape index (κ2) is 6.41. The Hall–Kier alpha value is -1.20. The van der Waals surface area contributed by atoms with Crippen LogP contribution >= 0.6 is 0 Å². The second-order valence-corrected chi connectivity index (χ2v) is 9.84. The number of nitrogens with two attached hydrogens (primary N) is 1. The van der Waals surface area contributed by atoms with Gasteiger partial charge in [-0.2, -0.15) is 0 Å². The number of rotatable bonds is 3. The van der Waals surface area contributed by atoms with E-state index in [0.717, 1.165) is 56.2 Å². The maximum atomic E-state index is 12.6. The molecule has 150 valence electrons.